The fourth-order valence-electron chi connectivity index (χ4n) is 1.68. The van der Waals surface area contributed by atoms with Gasteiger partial charge in [-0.05, 0) is 35.4 Å². The van der Waals surface area contributed by atoms with Crippen LogP contribution in [0.15, 0.2) is 58.3 Å². The van der Waals surface area contributed by atoms with Crippen LogP contribution in [0.5, 0.6) is 0 Å². The number of hydrogen-bond donors (Lipinski definition) is 0. The Bertz CT molecular complexity index is 731. The normalized spacial score (nSPS) is 10.5. The number of rotatable bonds is 4. The molecule has 0 heterocycles. The van der Waals surface area contributed by atoms with Crippen molar-refractivity contribution in [1.29, 1.82) is 0 Å². The van der Waals surface area contributed by atoms with Gasteiger partial charge in [0, 0.05) is 0 Å². The Morgan fingerprint density at radius 3 is 1.18 bits per heavy atom. The van der Waals surface area contributed by atoms with Gasteiger partial charge in [-0.15, -0.1) is 0 Å². The smallest absolute Gasteiger partial charge is 0.545 e. The second-order valence-corrected chi connectivity index (χ2v) is 6.08. The molecule has 0 radical (unpaired) electrons. The molecule has 8 heteroatoms. The summed E-state index contributed by atoms with van der Waals surface area (Å²) < 4.78 is 24.5. The first-order chi connectivity index (χ1) is 9.82. The van der Waals surface area contributed by atoms with Crippen LogP contribution >= 0.6 is 0 Å². The van der Waals surface area contributed by atoms with Crippen LogP contribution in [-0.4, -0.2) is 58.1 Å². The van der Waals surface area contributed by atoms with Crippen molar-refractivity contribution in [2.75, 3.05) is 0 Å². The number of carboxylic acid groups (broad SMARTS) is 2. The van der Waals surface area contributed by atoms with Gasteiger partial charge in [0.15, 0.2) is 0 Å². The number of carboxylic acids is 2. The molecule has 108 valence electrons. The minimum absolute atomic E-state index is 0. The van der Waals surface area contributed by atoms with Gasteiger partial charge in [0.25, 0.3) is 0 Å². The summed E-state index contributed by atoms with van der Waals surface area (Å²) in [5, 5.41) is 21.2. The maximum Gasteiger partial charge on any atom is 2.00 e. The van der Waals surface area contributed by atoms with Crippen molar-refractivity contribution in [1.82, 2.24) is 0 Å². The van der Waals surface area contributed by atoms with Crippen LogP contribution in [-0.2, 0) is 9.84 Å². The molecule has 2 aromatic carbocycles. The summed E-state index contributed by atoms with van der Waals surface area (Å²) in [5.74, 6) is -2.81. The van der Waals surface area contributed by atoms with Crippen molar-refractivity contribution >= 4 is 59.5 Å². The molecule has 0 bridgehead atoms. The molecule has 0 N–H and O–H groups in total. The molecular weight excluding hydrogens is 336 g/mol. The molecule has 6 nitrogen and oxygen atoms in total. The monoisotopic (exact) mass is 344 g/mol. The average Bonchev–Trinajstić information content (AvgIpc) is 2.47. The van der Waals surface area contributed by atoms with Crippen LogP contribution in [0.25, 0.3) is 0 Å². The first-order valence-corrected chi connectivity index (χ1v) is 7.18. The molecule has 0 aliphatic rings. The summed E-state index contributed by atoms with van der Waals surface area (Å²) in [6.45, 7) is 0. The molecule has 2 rings (SSSR count). The van der Waals surface area contributed by atoms with Gasteiger partial charge >= 0.3 is 37.7 Å². The quantitative estimate of drug-likeness (QED) is 0.648. The Labute approximate surface area is 156 Å². The Balaban J connectivity index is 0.00000242. The van der Waals surface area contributed by atoms with E-state index in [9.17, 15) is 28.2 Å². The zero-order valence-corrected chi connectivity index (χ0v) is 14.2. The third-order valence-electron chi connectivity index (χ3n) is 2.80. The Kier molecular flexibility index (Phi) is 6.13. The van der Waals surface area contributed by atoms with E-state index in [1.165, 1.54) is 0 Å². The molecular formula is C14H8CaO6S. The van der Waals surface area contributed by atoms with E-state index in [1.54, 1.807) is 0 Å². The fraction of sp³-hybridized carbons (Fsp3) is 0. The molecule has 0 aromatic heterocycles. The average molecular weight is 344 g/mol. The van der Waals surface area contributed by atoms with Crippen LogP contribution in [0.3, 0.4) is 0 Å². The largest absolute Gasteiger partial charge is 2.00 e. The zero-order chi connectivity index (χ0) is 15.6. The molecule has 0 spiro atoms. The van der Waals surface area contributed by atoms with E-state index in [0.717, 1.165) is 48.5 Å². The maximum atomic E-state index is 12.3. The zero-order valence-electron chi connectivity index (χ0n) is 11.2. The van der Waals surface area contributed by atoms with Crippen LogP contribution in [0.2, 0.25) is 0 Å². The Hall–Kier alpha value is -1.41. The first kappa shape index (κ1) is 18.6. The summed E-state index contributed by atoms with van der Waals surface area (Å²) in [7, 11) is -3.85. The summed E-state index contributed by atoms with van der Waals surface area (Å²) >= 11 is 0. The summed E-state index contributed by atoms with van der Waals surface area (Å²) in [6.07, 6.45) is 0. The van der Waals surface area contributed by atoms with Crippen molar-refractivity contribution < 1.29 is 28.2 Å². The number of aromatic carboxylic acids is 2. The first-order valence-electron chi connectivity index (χ1n) is 5.70. The van der Waals surface area contributed by atoms with Gasteiger partial charge in [0.1, 0.15) is 0 Å². The third kappa shape index (κ3) is 3.86. The van der Waals surface area contributed by atoms with Gasteiger partial charge < -0.3 is 19.8 Å². The number of carbonyl (C=O) groups is 2. The molecule has 0 unspecified atom stereocenters. The molecule has 0 aliphatic carbocycles. The van der Waals surface area contributed by atoms with E-state index in [1.807, 2.05) is 0 Å². The molecule has 0 saturated carbocycles. The molecule has 0 fully saturated rings. The van der Waals surface area contributed by atoms with Crippen LogP contribution in [0, 0.1) is 0 Å². The van der Waals surface area contributed by atoms with Gasteiger partial charge in [0.05, 0.1) is 21.7 Å². The van der Waals surface area contributed by atoms with Gasteiger partial charge in [-0.3, -0.25) is 0 Å². The van der Waals surface area contributed by atoms with Crippen molar-refractivity contribution in [2.45, 2.75) is 9.79 Å². The molecule has 0 amide bonds. The molecule has 22 heavy (non-hydrogen) atoms. The third-order valence-corrected chi connectivity index (χ3v) is 4.59. The molecule has 0 atom stereocenters. The second-order valence-electron chi connectivity index (χ2n) is 4.13. The number of carbonyl (C=O) groups excluding carboxylic acids is 2. The Morgan fingerprint density at radius 2 is 0.955 bits per heavy atom. The van der Waals surface area contributed by atoms with Crippen LogP contribution in [0.4, 0.5) is 0 Å². The van der Waals surface area contributed by atoms with Crippen molar-refractivity contribution in [3.63, 3.8) is 0 Å². The van der Waals surface area contributed by atoms with E-state index >= 15 is 0 Å². The van der Waals surface area contributed by atoms with E-state index in [0.29, 0.717) is 0 Å². The van der Waals surface area contributed by atoms with Gasteiger partial charge in [-0.2, -0.15) is 0 Å². The van der Waals surface area contributed by atoms with Crippen molar-refractivity contribution in [2.24, 2.45) is 0 Å². The van der Waals surface area contributed by atoms with Gasteiger partial charge in [-0.25, -0.2) is 8.42 Å². The van der Waals surface area contributed by atoms with E-state index in [4.69, 9.17) is 0 Å². The number of hydrogen-bond acceptors (Lipinski definition) is 6. The number of benzene rings is 2. The molecule has 2 aromatic rings. The van der Waals surface area contributed by atoms with E-state index in [2.05, 4.69) is 0 Å². The summed E-state index contributed by atoms with van der Waals surface area (Å²) in [5.41, 5.74) is -0.275. The van der Waals surface area contributed by atoms with E-state index < -0.39 is 21.8 Å². The standard InChI is InChI=1S/C14H10O6S.Ca/c15-13(16)9-1-5-11(6-2-9)21(19,20)12-7-3-10(4-8-12)14(17)18;/h1-8H,(H,15,16)(H,17,18);/q;+2/p-2. The van der Waals surface area contributed by atoms with Crippen LogP contribution in [0.1, 0.15) is 20.7 Å². The minimum atomic E-state index is -3.85. The number of sulfone groups is 1. The SMILES string of the molecule is O=C([O-])c1ccc(S(=O)(=O)c2ccc(C(=O)[O-])cc2)cc1.[Ca+2]. The van der Waals surface area contributed by atoms with Gasteiger partial charge in [0.2, 0.25) is 9.84 Å². The van der Waals surface area contributed by atoms with Crippen molar-refractivity contribution in [3.8, 4) is 0 Å². The van der Waals surface area contributed by atoms with Gasteiger partial charge in [-0.1, -0.05) is 24.3 Å². The molecule has 0 aliphatic heterocycles. The maximum absolute atomic E-state index is 12.3. The minimum Gasteiger partial charge on any atom is -0.545 e. The fourth-order valence-corrected chi connectivity index (χ4v) is 2.94. The van der Waals surface area contributed by atoms with Crippen molar-refractivity contribution in [3.05, 3.63) is 59.7 Å². The molecule has 0 saturated heterocycles. The summed E-state index contributed by atoms with van der Waals surface area (Å²) in [4.78, 5) is 21.0. The summed E-state index contributed by atoms with van der Waals surface area (Å²) in [6, 6.07) is 9.07. The predicted octanol–water partition coefficient (Wildman–Crippen LogP) is -1.13. The van der Waals surface area contributed by atoms with E-state index in [-0.39, 0.29) is 58.7 Å². The topological polar surface area (TPSA) is 114 Å². The predicted molar refractivity (Wildman–Crippen MR) is 72.8 cm³/mol. The van der Waals surface area contributed by atoms with Crippen LogP contribution < -0.4 is 10.2 Å². The second kappa shape index (κ2) is 7.23. The Morgan fingerprint density at radius 1 is 0.682 bits per heavy atom.